The molecule has 2 aromatic heterocycles. The van der Waals surface area contributed by atoms with Gasteiger partial charge in [-0.1, -0.05) is 19.9 Å². The highest BCUT2D eigenvalue weighted by atomic mass is 32.1. The number of hydrogen-bond acceptors (Lipinski definition) is 5. The molecule has 0 aromatic carbocycles. The number of nitrogens with zero attached hydrogens (tertiary/aromatic N) is 2. The number of methoxy groups -OCH3 is 1. The summed E-state index contributed by atoms with van der Waals surface area (Å²) in [4.78, 5) is 10.0. The molecular formula is C14H19N3OS. The minimum absolute atomic E-state index is 0.0501. The summed E-state index contributed by atoms with van der Waals surface area (Å²) in [6, 6.07) is 6.05. The van der Waals surface area contributed by atoms with Gasteiger partial charge < -0.3 is 10.1 Å². The zero-order valence-corrected chi connectivity index (χ0v) is 12.5. The molecule has 2 heterocycles. The lowest BCUT2D eigenvalue weighted by atomic mass is 9.91. The molecule has 0 saturated heterocycles. The number of thiophene rings is 1. The maximum atomic E-state index is 5.15. The first-order chi connectivity index (χ1) is 9.01. The van der Waals surface area contributed by atoms with E-state index in [1.807, 2.05) is 13.0 Å². The van der Waals surface area contributed by atoms with E-state index >= 15 is 0 Å². The Bertz CT molecular complexity index is 538. The Hall–Kier alpha value is -1.62. The molecule has 19 heavy (non-hydrogen) atoms. The summed E-state index contributed by atoms with van der Waals surface area (Å²) in [5, 5.41) is 5.39. The van der Waals surface area contributed by atoms with Crippen LogP contribution in [-0.2, 0) is 5.41 Å². The summed E-state index contributed by atoms with van der Waals surface area (Å²) in [5.41, 5.74) is 0.942. The molecule has 0 spiro atoms. The molecule has 5 heteroatoms. The fourth-order valence-corrected chi connectivity index (χ4v) is 2.63. The predicted molar refractivity (Wildman–Crippen MR) is 79.2 cm³/mol. The normalized spacial score (nSPS) is 11.4. The largest absolute Gasteiger partial charge is 0.481 e. The van der Waals surface area contributed by atoms with Crippen molar-refractivity contribution in [2.75, 3.05) is 19.0 Å². The van der Waals surface area contributed by atoms with E-state index in [1.165, 1.54) is 4.88 Å². The van der Waals surface area contributed by atoms with Gasteiger partial charge in [0, 0.05) is 28.6 Å². The molecule has 2 rings (SSSR count). The number of rotatable bonds is 5. The highest BCUT2D eigenvalue weighted by Crippen LogP contribution is 2.27. The number of anilines is 1. The molecule has 4 nitrogen and oxygen atoms in total. The van der Waals surface area contributed by atoms with Crippen LogP contribution in [0.1, 0.15) is 24.4 Å². The summed E-state index contributed by atoms with van der Waals surface area (Å²) >= 11 is 1.77. The lowest BCUT2D eigenvalue weighted by Gasteiger charge is -2.23. The van der Waals surface area contributed by atoms with Crippen LogP contribution in [0.3, 0.4) is 0 Å². The topological polar surface area (TPSA) is 47.0 Å². The molecule has 0 unspecified atom stereocenters. The molecule has 0 atom stereocenters. The first kappa shape index (κ1) is 13.8. The van der Waals surface area contributed by atoms with E-state index in [-0.39, 0.29) is 5.41 Å². The molecule has 0 aliphatic rings. The van der Waals surface area contributed by atoms with Crippen molar-refractivity contribution in [2.24, 2.45) is 0 Å². The summed E-state index contributed by atoms with van der Waals surface area (Å²) in [6.45, 7) is 7.12. The van der Waals surface area contributed by atoms with Gasteiger partial charge in [-0.05, 0) is 18.4 Å². The van der Waals surface area contributed by atoms with Crippen LogP contribution in [0.15, 0.2) is 23.6 Å². The lowest BCUT2D eigenvalue weighted by Crippen LogP contribution is -2.27. The number of ether oxygens (including phenoxy) is 1. The Kier molecular flexibility index (Phi) is 4.04. The van der Waals surface area contributed by atoms with Gasteiger partial charge in [-0.2, -0.15) is 4.98 Å². The maximum Gasteiger partial charge on any atom is 0.226 e. The van der Waals surface area contributed by atoms with Crippen molar-refractivity contribution in [3.05, 3.63) is 34.2 Å². The minimum Gasteiger partial charge on any atom is -0.481 e. The Labute approximate surface area is 117 Å². The van der Waals surface area contributed by atoms with Gasteiger partial charge in [0.25, 0.3) is 0 Å². The van der Waals surface area contributed by atoms with Gasteiger partial charge in [-0.15, -0.1) is 11.3 Å². The third kappa shape index (κ3) is 3.44. The van der Waals surface area contributed by atoms with Crippen molar-refractivity contribution in [3.8, 4) is 5.88 Å². The van der Waals surface area contributed by atoms with Crippen molar-refractivity contribution >= 4 is 17.3 Å². The summed E-state index contributed by atoms with van der Waals surface area (Å²) in [5.74, 6) is 1.20. The molecule has 102 valence electrons. The number of nitrogens with one attached hydrogen (secondary N) is 1. The molecule has 0 radical (unpaired) electrons. The Morgan fingerprint density at radius 1 is 1.37 bits per heavy atom. The smallest absolute Gasteiger partial charge is 0.226 e. The predicted octanol–water partition coefficient (Wildman–Crippen LogP) is 3.24. The number of aromatic nitrogens is 2. The Morgan fingerprint density at radius 3 is 2.79 bits per heavy atom. The van der Waals surface area contributed by atoms with Crippen LogP contribution < -0.4 is 10.1 Å². The van der Waals surface area contributed by atoms with E-state index in [4.69, 9.17) is 4.74 Å². The van der Waals surface area contributed by atoms with Crippen molar-refractivity contribution in [2.45, 2.75) is 26.2 Å². The highest BCUT2D eigenvalue weighted by Gasteiger charge is 2.21. The van der Waals surface area contributed by atoms with Crippen LogP contribution >= 0.6 is 11.3 Å². The van der Waals surface area contributed by atoms with E-state index < -0.39 is 0 Å². The lowest BCUT2D eigenvalue weighted by molar-refractivity contribution is 0.396. The van der Waals surface area contributed by atoms with Crippen molar-refractivity contribution < 1.29 is 4.74 Å². The molecule has 0 bridgehead atoms. The second-order valence-electron chi connectivity index (χ2n) is 5.09. The van der Waals surface area contributed by atoms with Crippen LogP contribution in [0.4, 0.5) is 5.95 Å². The van der Waals surface area contributed by atoms with Gasteiger partial charge in [0.15, 0.2) is 0 Å². The quantitative estimate of drug-likeness (QED) is 0.911. The molecule has 0 aliphatic carbocycles. The fraction of sp³-hybridized carbons (Fsp3) is 0.429. The van der Waals surface area contributed by atoms with Crippen LogP contribution in [0.2, 0.25) is 0 Å². The van der Waals surface area contributed by atoms with E-state index in [2.05, 4.69) is 46.6 Å². The van der Waals surface area contributed by atoms with Gasteiger partial charge >= 0.3 is 0 Å². The van der Waals surface area contributed by atoms with Crippen molar-refractivity contribution in [1.29, 1.82) is 0 Å². The molecule has 0 aliphatic heterocycles. The minimum atomic E-state index is 0.0501. The Morgan fingerprint density at radius 2 is 2.16 bits per heavy atom. The number of hydrogen-bond donors (Lipinski definition) is 1. The van der Waals surface area contributed by atoms with Crippen LogP contribution in [0.25, 0.3) is 0 Å². The number of aryl methyl sites for hydroxylation is 1. The van der Waals surface area contributed by atoms with Gasteiger partial charge in [0.1, 0.15) is 0 Å². The van der Waals surface area contributed by atoms with Crippen molar-refractivity contribution in [3.63, 3.8) is 0 Å². The average molecular weight is 277 g/mol. The second-order valence-corrected chi connectivity index (χ2v) is 6.04. The molecule has 0 saturated carbocycles. The van der Waals surface area contributed by atoms with Crippen LogP contribution in [-0.4, -0.2) is 23.6 Å². The summed E-state index contributed by atoms with van der Waals surface area (Å²) in [7, 11) is 1.61. The first-order valence-corrected chi connectivity index (χ1v) is 7.07. The average Bonchev–Trinajstić information content (AvgIpc) is 2.90. The third-order valence-corrected chi connectivity index (χ3v) is 4.15. The molecule has 1 N–H and O–H groups in total. The monoisotopic (exact) mass is 277 g/mol. The fourth-order valence-electron chi connectivity index (χ4n) is 1.77. The summed E-state index contributed by atoms with van der Waals surface area (Å²) < 4.78 is 5.15. The summed E-state index contributed by atoms with van der Waals surface area (Å²) in [6.07, 6.45) is 0. The standard InChI is InChI=1S/C14H19N3OS/c1-10-8-12(18-4)17-13(16-10)15-9-14(2,3)11-6-5-7-19-11/h5-8H,9H2,1-4H3,(H,15,16,17). The first-order valence-electron chi connectivity index (χ1n) is 6.19. The molecule has 0 amide bonds. The zero-order valence-electron chi connectivity index (χ0n) is 11.7. The van der Waals surface area contributed by atoms with Gasteiger partial charge in [-0.3, -0.25) is 0 Å². The van der Waals surface area contributed by atoms with Gasteiger partial charge in [0.05, 0.1) is 7.11 Å². The SMILES string of the molecule is COc1cc(C)nc(NCC(C)(C)c2cccs2)n1. The zero-order chi connectivity index (χ0) is 13.9. The Balaban J connectivity index is 2.08. The van der Waals surface area contributed by atoms with Crippen molar-refractivity contribution in [1.82, 2.24) is 9.97 Å². The third-order valence-electron chi connectivity index (χ3n) is 2.92. The molecular weight excluding hydrogens is 258 g/mol. The van der Waals surface area contributed by atoms with Gasteiger partial charge in [-0.25, -0.2) is 4.98 Å². The second kappa shape index (κ2) is 5.57. The van der Waals surface area contributed by atoms with E-state index in [9.17, 15) is 0 Å². The van der Waals surface area contributed by atoms with Crippen LogP contribution in [0, 0.1) is 6.92 Å². The molecule has 0 fully saturated rings. The highest BCUT2D eigenvalue weighted by molar-refractivity contribution is 7.10. The van der Waals surface area contributed by atoms with E-state index in [0.717, 1.165) is 12.2 Å². The van der Waals surface area contributed by atoms with Crippen LogP contribution in [0.5, 0.6) is 5.88 Å². The van der Waals surface area contributed by atoms with Gasteiger partial charge in [0.2, 0.25) is 11.8 Å². The van der Waals surface area contributed by atoms with E-state index in [0.29, 0.717) is 11.8 Å². The van der Waals surface area contributed by atoms with E-state index in [1.54, 1.807) is 18.4 Å². The molecule has 2 aromatic rings. The maximum absolute atomic E-state index is 5.15.